The lowest BCUT2D eigenvalue weighted by Gasteiger charge is -2.32. The van der Waals surface area contributed by atoms with Crippen LogP contribution in [0.15, 0.2) is 72.8 Å². The Labute approximate surface area is 165 Å². The van der Waals surface area contributed by atoms with E-state index < -0.39 is 0 Å². The monoisotopic (exact) mass is 372 g/mol. The number of piperidine rings is 1. The first kappa shape index (κ1) is 18.2. The van der Waals surface area contributed by atoms with Gasteiger partial charge in [-0.3, -0.25) is 9.59 Å². The van der Waals surface area contributed by atoms with E-state index in [1.54, 1.807) is 0 Å². The van der Waals surface area contributed by atoms with E-state index in [9.17, 15) is 9.59 Å². The first-order valence-corrected chi connectivity index (χ1v) is 9.81. The molecule has 4 nitrogen and oxygen atoms in total. The summed E-state index contributed by atoms with van der Waals surface area (Å²) in [5, 5.41) is 5.19. The Morgan fingerprint density at radius 1 is 0.857 bits per heavy atom. The van der Waals surface area contributed by atoms with Gasteiger partial charge >= 0.3 is 0 Å². The van der Waals surface area contributed by atoms with E-state index in [0.717, 1.165) is 34.7 Å². The molecule has 1 N–H and O–H groups in total. The van der Waals surface area contributed by atoms with Crippen molar-refractivity contribution in [3.63, 3.8) is 0 Å². The molecule has 0 unspecified atom stereocenters. The molecule has 28 heavy (non-hydrogen) atoms. The van der Waals surface area contributed by atoms with Gasteiger partial charge in [0, 0.05) is 24.7 Å². The van der Waals surface area contributed by atoms with Crippen LogP contribution in [0.5, 0.6) is 0 Å². The SMILES string of the molecule is O=C(Cc1ccccc1)NC1CCN(C(=O)c2cccc3ccccc23)CC1. The van der Waals surface area contributed by atoms with Gasteiger partial charge in [0.1, 0.15) is 0 Å². The molecule has 1 heterocycles. The Balaban J connectivity index is 1.35. The van der Waals surface area contributed by atoms with Gasteiger partial charge < -0.3 is 10.2 Å². The fourth-order valence-electron chi connectivity index (χ4n) is 3.87. The number of nitrogens with zero attached hydrogens (tertiary/aromatic N) is 1. The molecular formula is C24H24N2O2. The molecule has 4 heteroatoms. The molecule has 0 aromatic heterocycles. The van der Waals surface area contributed by atoms with Crippen molar-refractivity contribution in [2.24, 2.45) is 0 Å². The Morgan fingerprint density at radius 3 is 2.32 bits per heavy atom. The maximum atomic E-state index is 13.0. The lowest BCUT2D eigenvalue weighted by Crippen LogP contribution is -2.46. The Hall–Kier alpha value is -3.14. The summed E-state index contributed by atoms with van der Waals surface area (Å²) in [7, 11) is 0. The minimum absolute atomic E-state index is 0.0463. The largest absolute Gasteiger partial charge is 0.353 e. The normalized spacial score (nSPS) is 14.8. The number of rotatable bonds is 4. The van der Waals surface area contributed by atoms with Crippen LogP contribution in [-0.4, -0.2) is 35.8 Å². The number of amides is 2. The number of hydrogen-bond acceptors (Lipinski definition) is 2. The average molecular weight is 372 g/mol. The van der Waals surface area contributed by atoms with E-state index in [4.69, 9.17) is 0 Å². The summed E-state index contributed by atoms with van der Waals surface area (Å²) in [5.74, 6) is 0.121. The average Bonchev–Trinajstić information content (AvgIpc) is 2.74. The Kier molecular flexibility index (Phi) is 5.38. The van der Waals surface area contributed by atoms with Crippen molar-refractivity contribution in [2.75, 3.05) is 13.1 Å². The number of hydrogen-bond donors (Lipinski definition) is 1. The zero-order chi connectivity index (χ0) is 19.3. The van der Waals surface area contributed by atoms with Gasteiger partial charge in [0.15, 0.2) is 0 Å². The summed E-state index contributed by atoms with van der Waals surface area (Å²) in [6.07, 6.45) is 1.98. The number of carbonyl (C=O) groups is 2. The van der Waals surface area contributed by atoms with E-state index in [2.05, 4.69) is 5.32 Å². The van der Waals surface area contributed by atoms with Crippen molar-refractivity contribution in [3.05, 3.63) is 83.9 Å². The van der Waals surface area contributed by atoms with Crippen LogP contribution in [0.4, 0.5) is 0 Å². The number of likely N-dealkylation sites (tertiary alicyclic amines) is 1. The van der Waals surface area contributed by atoms with Crippen molar-refractivity contribution < 1.29 is 9.59 Å². The Morgan fingerprint density at radius 2 is 1.54 bits per heavy atom. The third-order valence-electron chi connectivity index (χ3n) is 5.37. The van der Waals surface area contributed by atoms with E-state index >= 15 is 0 Å². The summed E-state index contributed by atoms with van der Waals surface area (Å²) in [5.41, 5.74) is 1.77. The van der Waals surface area contributed by atoms with Crippen LogP contribution in [0.2, 0.25) is 0 Å². The number of nitrogens with one attached hydrogen (secondary N) is 1. The van der Waals surface area contributed by atoms with Gasteiger partial charge in [0.25, 0.3) is 5.91 Å². The van der Waals surface area contributed by atoms with Crippen molar-refractivity contribution in [1.29, 1.82) is 0 Å². The number of carbonyl (C=O) groups excluding carboxylic acids is 2. The molecule has 0 saturated carbocycles. The van der Waals surface area contributed by atoms with Crippen molar-refractivity contribution in [2.45, 2.75) is 25.3 Å². The zero-order valence-corrected chi connectivity index (χ0v) is 15.8. The topological polar surface area (TPSA) is 49.4 Å². The molecule has 0 spiro atoms. The highest BCUT2D eigenvalue weighted by atomic mass is 16.2. The highest BCUT2D eigenvalue weighted by molar-refractivity contribution is 6.07. The van der Waals surface area contributed by atoms with Crippen LogP contribution in [0.1, 0.15) is 28.8 Å². The summed E-state index contributed by atoms with van der Waals surface area (Å²) < 4.78 is 0. The van der Waals surface area contributed by atoms with Crippen LogP contribution in [0.25, 0.3) is 10.8 Å². The molecule has 0 aliphatic carbocycles. The molecule has 2 amide bonds. The van der Waals surface area contributed by atoms with E-state index in [0.29, 0.717) is 19.5 Å². The molecule has 4 rings (SSSR count). The molecule has 1 aliphatic rings. The summed E-state index contributed by atoms with van der Waals surface area (Å²) in [6.45, 7) is 1.33. The molecule has 1 aliphatic heterocycles. The molecule has 0 atom stereocenters. The van der Waals surface area contributed by atoms with Crippen LogP contribution in [0.3, 0.4) is 0 Å². The third kappa shape index (κ3) is 4.06. The highest BCUT2D eigenvalue weighted by Gasteiger charge is 2.25. The van der Waals surface area contributed by atoms with Gasteiger partial charge in [-0.15, -0.1) is 0 Å². The van der Waals surface area contributed by atoms with Crippen LogP contribution in [-0.2, 0) is 11.2 Å². The molecule has 1 saturated heterocycles. The van der Waals surface area contributed by atoms with Crippen molar-refractivity contribution >= 4 is 22.6 Å². The fourth-order valence-corrected chi connectivity index (χ4v) is 3.87. The van der Waals surface area contributed by atoms with E-state index in [-0.39, 0.29) is 17.9 Å². The first-order chi connectivity index (χ1) is 13.7. The first-order valence-electron chi connectivity index (χ1n) is 9.81. The predicted octanol–water partition coefficient (Wildman–Crippen LogP) is 3.80. The number of fused-ring (bicyclic) bond motifs is 1. The van der Waals surface area contributed by atoms with Gasteiger partial charge in [-0.25, -0.2) is 0 Å². The second kappa shape index (κ2) is 8.26. The summed E-state index contributed by atoms with van der Waals surface area (Å²) in [4.78, 5) is 27.2. The molecular weight excluding hydrogens is 348 g/mol. The van der Waals surface area contributed by atoms with E-state index in [1.165, 1.54) is 0 Å². The standard InChI is InChI=1S/C24H24N2O2/c27-23(17-18-7-2-1-3-8-18)25-20-13-15-26(16-14-20)24(28)22-12-6-10-19-9-4-5-11-21(19)22/h1-12,20H,13-17H2,(H,25,27). The smallest absolute Gasteiger partial charge is 0.254 e. The molecule has 3 aromatic rings. The van der Waals surface area contributed by atoms with Crippen molar-refractivity contribution in [1.82, 2.24) is 10.2 Å². The highest BCUT2D eigenvalue weighted by Crippen LogP contribution is 2.22. The second-order valence-corrected chi connectivity index (χ2v) is 7.32. The van der Waals surface area contributed by atoms with Crippen LogP contribution >= 0.6 is 0 Å². The molecule has 0 radical (unpaired) electrons. The van der Waals surface area contributed by atoms with Gasteiger partial charge in [-0.05, 0) is 35.2 Å². The van der Waals surface area contributed by atoms with Gasteiger partial charge in [-0.2, -0.15) is 0 Å². The van der Waals surface area contributed by atoms with Crippen LogP contribution in [0, 0.1) is 0 Å². The second-order valence-electron chi connectivity index (χ2n) is 7.32. The minimum Gasteiger partial charge on any atom is -0.353 e. The predicted molar refractivity (Wildman–Crippen MR) is 111 cm³/mol. The van der Waals surface area contributed by atoms with Crippen LogP contribution < -0.4 is 5.32 Å². The molecule has 142 valence electrons. The summed E-state index contributed by atoms with van der Waals surface area (Å²) in [6, 6.07) is 23.7. The lowest BCUT2D eigenvalue weighted by atomic mass is 10.0. The third-order valence-corrected chi connectivity index (χ3v) is 5.37. The maximum Gasteiger partial charge on any atom is 0.254 e. The van der Waals surface area contributed by atoms with Gasteiger partial charge in [-0.1, -0.05) is 66.7 Å². The fraction of sp³-hybridized carbons (Fsp3) is 0.250. The lowest BCUT2D eigenvalue weighted by molar-refractivity contribution is -0.121. The molecule has 3 aromatic carbocycles. The quantitative estimate of drug-likeness (QED) is 0.757. The Bertz CT molecular complexity index is 971. The van der Waals surface area contributed by atoms with Crippen molar-refractivity contribution in [3.8, 4) is 0 Å². The molecule has 1 fully saturated rings. The van der Waals surface area contributed by atoms with Gasteiger partial charge in [0.2, 0.25) is 5.91 Å². The molecule has 0 bridgehead atoms. The summed E-state index contributed by atoms with van der Waals surface area (Å²) >= 11 is 0. The maximum absolute atomic E-state index is 13.0. The number of benzene rings is 3. The zero-order valence-electron chi connectivity index (χ0n) is 15.8. The minimum atomic E-state index is 0.0463. The van der Waals surface area contributed by atoms with E-state index in [1.807, 2.05) is 77.7 Å². The van der Waals surface area contributed by atoms with Gasteiger partial charge in [0.05, 0.1) is 6.42 Å².